The molecule has 1 aromatic heterocycles. The molecule has 1 atom stereocenters. The zero-order valence-corrected chi connectivity index (χ0v) is 14.9. The second kappa shape index (κ2) is 7.77. The molecule has 1 aliphatic heterocycles. The summed E-state index contributed by atoms with van der Waals surface area (Å²) in [4.78, 5) is 17.5. The molecule has 1 fully saturated rings. The standard InChI is InChI=1S/C18H23N3O2S/c1-3-13-7-4-5-9-15(13)21-18-20-12(2)16(24-18)17(22)19-11-14-8-6-10-23-14/h4-5,7,9,14H,3,6,8,10-11H2,1-2H3,(H,19,22)(H,20,21)/t14-/m1/s1. The van der Waals surface area contributed by atoms with Crippen LogP contribution in [0.3, 0.4) is 0 Å². The van der Waals surface area contributed by atoms with Gasteiger partial charge >= 0.3 is 0 Å². The fraction of sp³-hybridized carbons (Fsp3) is 0.444. The molecule has 3 rings (SSSR count). The second-order valence-corrected chi connectivity index (χ2v) is 6.91. The number of hydrogen-bond donors (Lipinski definition) is 2. The third-order valence-corrected chi connectivity index (χ3v) is 5.23. The summed E-state index contributed by atoms with van der Waals surface area (Å²) in [6, 6.07) is 8.16. The van der Waals surface area contributed by atoms with Crippen LogP contribution >= 0.6 is 11.3 Å². The van der Waals surface area contributed by atoms with Crippen molar-refractivity contribution in [3.05, 3.63) is 40.4 Å². The Balaban J connectivity index is 1.66. The van der Waals surface area contributed by atoms with Gasteiger partial charge < -0.3 is 15.4 Å². The van der Waals surface area contributed by atoms with E-state index in [4.69, 9.17) is 4.74 Å². The number of carbonyl (C=O) groups excluding carboxylic acids is 1. The van der Waals surface area contributed by atoms with Crippen LogP contribution in [0.25, 0.3) is 0 Å². The fourth-order valence-corrected chi connectivity index (χ4v) is 3.71. The van der Waals surface area contributed by atoms with Crippen LogP contribution in [0.2, 0.25) is 0 Å². The summed E-state index contributed by atoms with van der Waals surface area (Å²) in [5.74, 6) is -0.0719. The van der Waals surface area contributed by atoms with E-state index in [0.29, 0.717) is 11.4 Å². The SMILES string of the molecule is CCc1ccccc1Nc1nc(C)c(C(=O)NC[C@H]2CCCO2)s1. The Morgan fingerprint density at radius 1 is 1.42 bits per heavy atom. The van der Waals surface area contributed by atoms with Crippen LogP contribution in [0, 0.1) is 6.92 Å². The van der Waals surface area contributed by atoms with Crippen molar-refractivity contribution in [1.82, 2.24) is 10.3 Å². The van der Waals surface area contributed by atoms with Crippen LogP contribution in [0.4, 0.5) is 10.8 Å². The van der Waals surface area contributed by atoms with Crippen molar-refractivity contribution in [3.63, 3.8) is 0 Å². The molecule has 128 valence electrons. The molecule has 2 heterocycles. The first-order chi connectivity index (χ1) is 11.7. The van der Waals surface area contributed by atoms with Gasteiger partial charge in [0.2, 0.25) is 0 Å². The number of nitrogens with zero attached hydrogens (tertiary/aromatic N) is 1. The minimum Gasteiger partial charge on any atom is -0.376 e. The van der Waals surface area contributed by atoms with E-state index in [2.05, 4.69) is 28.6 Å². The lowest BCUT2D eigenvalue weighted by molar-refractivity contribution is 0.0860. The van der Waals surface area contributed by atoms with Crippen molar-refractivity contribution < 1.29 is 9.53 Å². The monoisotopic (exact) mass is 345 g/mol. The highest BCUT2D eigenvalue weighted by atomic mass is 32.1. The average molecular weight is 345 g/mol. The Kier molecular flexibility index (Phi) is 5.48. The highest BCUT2D eigenvalue weighted by Crippen LogP contribution is 2.27. The van der Waals surface area contributed by atoms with E-state index in [9.17, 15) is 4.79 Å². The third kappa shape index (κ3) is 3.94. The Morgan fingerprint density at radius 3 is 3.00 bits per heavy atom. The lowest BCUT2D eigenvalue weighted by Gasteiger charge is -2.10. The van der Waals surface area contributed by atoms with E-state index in [1.54, 1.807) is 0 Å². The molecule has 0 bridgehead atoms. The van der Waals surface area contributed by atoms with Gasteiger partial charge in [0, 0.05) is 18.8 Å². The van der Waals surface area contributed by atoms with Crippen molar-refractivity contribution in [2.75, 3.05) is 18.5 Å². The summed E-state index contributed by atoms with van der Waals surface area (Å²) < 4.78 is 5.54. The molecule has 0 radical (unpaired) electrons. The van der Waals surface area contributed by atoms with Crippen LogP contribution in [0.1, 0.15) is 40.7 Å². The van der Waals surface area contributed by atoms with Crippen LogP contribution in [0.15, 0.2) is 24.3 Å². The maximum atomic E-state index is 12.4. The number of rotatable bonds is 6. The Labute approximate surface area is 146 Å². The number of carbonyl (C=O) groups is 1. The van der Waals surface area contributed by atoms with E-state index < -0.39 is 0 Å². The lowest BCUT2D eigenvalue weighted by atomic mass is 10.1. The number of para-hydroxylation sites is 1. The van der Waals surface area contributed by atoms with Crippen molar-refractivity contribution in [1.29, 1.82) is 0 Å². The van der Waals surface area contributed by atoms with Gasteiger partial charge in [0.25, 0.3) is 5.91 Å². The molecule has 0 spiro atoms. The summed E-state index contributed by atoms with van der Waals surface area (Å²) in [6.07, 6.45) is 3.19. The van der Waals surface area contributed by atoms with Crippen LogP contribution < -0.4 is 10.6 Å². The molecule has 0 saturated carbocycles. The van der Waals surface area contributed by atoms with Gasteiger partial charge in [-0.05, 0) is 37.8 Å². The van der Waals surface area contributed by atoms with Crippen LogP contribution in [0.5, 0.6) is 0 Å². The topological polar surface area (TPSA) is 63.2 Å². The average Bonchev–Trinajstić information content (AvgIpc) is 3.23. The molecular weight excluding hydrogens is 322 g/mol. The minimum atomic E-state index is -0.0719. The summed E-state index contributed by atoms with van der Waals surface area (Å²) in [6.45, 7) is 5.36. The van der Waals surface area contributed by atoms with E-state index in [0.717, 1.165) is 42.4 Å². The predicted molar refractivity (Wildman–Crippen MR) is 97.3 cm³/mol. The van der Waals surface area contributed by atoms with E-state index in [1.165, 1.54) is 16.9 Å². The number of thiazole rings is 1. The van der Waals surface area contributed by atoms with Gasteiger partial charge in [0.1, 0.15) is 4.88 Å². The molecule has 1 amide bonds. The molecule has 0 unspecified atom stereocenters. The molecule has 6 heteroatoms. The summed E-state index contributed by atoms with van der Waals surface area (Å²) in [5, 5.41) is 7.05. The van der Waals surface area contributed by atoms with Crippen molar-refractivity contribution in [3.8, 4) is 0 Å². The zero-order valence-electron chi connectivity index (χ0n) is 14.1. The van der Waals surface area contributed by atoms with E-state index >= 15 is 0 Å². The Hall–Kier alpha value is -1.92. The number of ether oxygens (including phenoxy) is 1. The van der Waals surface area contributed by atoms with Crippen molar-refractivity contribution in [2.24, 2.45) is 0 Å². The Morgan fingerprint density at radius 2 is 2.25 bits per heavy atom. The second-order valence-electron chi connectivity index (χ2n) is 5.91. The molecule has 1 aromatic carbocycles. The normalized spacial score (nSPS) is 17.0. The first-order valence-corrected chi connectivity index (χ1v) is 9.21. The molecule has 24 heavy (non-hydrogen) atoms. The number of hydrogen-bond acceptors (Lipinski definition) is 5. The molecule has 1 aliphatic rings. The number of benzene rings is 1. The number of aryl methyl sites for hydroxylation is 2. The van der Waals surface area contributed by atoms with Gasteiger partial charge in [-0.3, -0.25) is 4.79 Å². The van der Waals surface area contributed by atoms with Gasteiger partial charge in [-0.1, -0.05) is 36.5 Å². The fourth-order valence-electron chi connectivity index (χ4n) is 2.82. The number of amides is 1. The van der Waals surface area contributed by atoms with E-state index in [-0.39, 0.29) is 12.0 Å². The molecule has 2 aromatic rings. The molecular formula is C18H23N3O2S. The summed E-state index contributed by atoms with van der Waals surface area (Å²) >= 11 is 1.39. The number of nitrogens with one attached hydrogen (secondary N) is 2. The van der Waals surface area contributed by atoms with Crippen LogP contribution in [-0.2, 0) is 11.2 Å². The third-order valence-electron chi connectivity index (χ3n) is 4.16. The largest absolute Gasteiger partial charge is 0.376 e. The highest BCUT2D eigenvalue weighted by Gasteiger charge is 2.19. The first kappa shape index (κ1) is 16.9. The van der Waals surface area contributed by atoms with E-state index in [1.807, 2.05) is 25.1 Å². The highest BCUT2D eigenvalue weighted by molar-refractivity contribution is 7.17. The molecule has 5 nitrogen and oxygen atoms in total. The number of anilines is 2. The number of aromatic nitrogens is 1. The zero-order chi connectivity index (χ0) is 16.9. The first-order valence-electron chi connectivity index (χ1n) is 8.39. The molecule has 1 saturated heterocycles. The summed E-state index contributed by atoms with van der Waals surface area (Å²) in [5.41, 5.74) is 3.02. The maximum absolute atomic E-state index is 12.4. The van der Waals surface area contributed by atoms with Crippen molar-refractivity contribution >= 4 is 28.1 Å². The Bertz CT molecular complexity index is 708. The molecule has 2 N–H and O–H groups in total. The van der Waals surface area contributed by atoms with Gasteiger partial charge in [0.15, 0.2) is 5.13 Å². The van der Waals surface area contributed by atoms with Gasteiger partial charge in [-0.25, -0.2) is 4.98 Å². The van der Waals surface area contributed by atoms with Crippen LogP contribution in [-0.4, -0.2) is 30.1 Å². The van der Waals surface area contributed by atoms with Crippen molar-refractivity contribution in [2.45, 2.75) is 39.2 Å². The van der Waals surface area contributed by atoms with Gasteiger partial charge in [0.05, 0.1) is 11.8 Å². The predicted octanol–water partition coefficient (Wildman–Crippen LogP) is 3.67. The quantitative estimate of drug-likeness (QED) is 0.838. The molecule has 0 aliphatic carbocycles. The van der Waals surface area contributed by atoms with Gasteiger partial charge in [-0.2, -0.15) is 0 Å². The summed E-state index contributed by atoms with van der Waals surface area (Å²) in [7, 11) is 0. The minimum absolute atomic E-state index is 0.0719. The maximum Gasteiger partial charge on any atom is 0.263 e. The van der Waals surface area contributed by atoms with Gasteiger partial charge in [-0.15, -0.1) is 0 Å². The lowest BCUT2D eigenvalue weighted by Crippen LogP contribution is -2.31. The smallest absolute Gasteiger partial charge is 0.263 e.